The van der Waals surface area contributed by atoms with Crippen LogP contribution in [0.3, 0.4) is 0 Å². The predicted octanol–water partition coefficient (Wildman–Crippen LogP) is 3.42. The summed E-state index contributed by atoms with van der Waals surface area (Å²) in [4.78, 5) is 26.5. The molecule has 2 atom stereocenters. The molecule has 2 heterocycles. The number of amides is 2. The van der Waals surface area contributed by atoms with Crippen molar-refractivity contribution in [3.05, 3.63) is 16.0 Å². The fourth-order valence-electron chi connectivity index (χ4n) is 2.36. The number of thioether (sulfide) groups is 1. The summed E-state index contributed by atoms with van der Waals surface area (Å²) in [6.07, 6.45) is 0. The summed E-state index contributed by atoms with van der Waals surface area (Å²) >= 11 is 3.17. The Morgan fingerprint density at radius 1 is 1.33 bits per heavy atom. The van der Waals surface area contributed by atoms with Gasteiger partial charge in [-0.3, -0.25) is 5.32 Å². The fourth-order valence-corrected chi connectivity index (χ4v) is 4.50. The van der Waals surface area contributed by atoms with E-state index < -0.39 is 5.97 Å². The first-order valence-corrected chi connectivity index (χ1v) is 8.72. The van der Waals surface area contributed by atoms with Gasteiger partial charge in [-0.25, -0.2) is 9.59 Å². The largest absolute Gasteiger partial charge is 0.478 e. The van der Waals surface area contributed by atoms with Crippen LogP contribution in [0.4, 0.5) is 9.80 Å². The highest BCUT2D eigenvalue weighted by Gasteiger charge is 2.30. The molecular formula is C14H20N2O3S2. The van der Waals surface area contributed by atoms with E-state index >= 15 is 0 Å². The molecule has 0 spiro atoms. The van der Waals surface area contributed by atoms with Crippen molar-refractivity contribution in [2.24, 2.45) is 0 Å². The van der Waals surface area contributed by atoms with Crippen molar-refractivity contribution in [1.82, 2.24) is 4.90 Å². The van der Waals surface area contributed by atoms with Gasteiger partial charge in [0.1, 0.15) is 5.00 Å². The number of urea groups is 1. The third-order valence-electron chi connectivity index (χ3n) is 3.96. The Labute approximate surface area is 132 Å². The molecule has 0 aliphatic carbocycles. The zero-order valence-electron chi connectivity index (χ0n) is 12.6. The molecule has 0 radical (unpaired) electrons. The predicted molar refractivity (Wildman–Crippen MR) is 87.9 cm³/mol. The van der Waals surface area contributed by atoms with Crippen LogP contribution in [0.15, 0.2) is 0 Å². The van der Waals surface area contributed by atoms with Gasteiger partial charge in [0, 0.05) is 28.5 Å². The van der Waals surface area contributed by atoms with E-state index in [1.807, 2.05) is 25.6 Å². The molecule has 2 unspecified atom stereocenters. The van der Waals surface area contributed by atoms with E-state index in [0.29, 0.717) is 16.8 Å². The van der Waals surface area contributed by atoms with Crippen molar-refractivity contribution in [1.29, 1.82) is 0 Å². The van der Waals surface area contributed by atoms with Gasteiger partial charge in [0.25, 0.3) is 0 Å². The fraction of sp³-hybridized carbons (Fsp3) is 0.571. The third-order valence-corrected chi connectivity index (χ3v) is 6.43. The molecule has 2 amide bonds. The van der Waals surface area contributed by atoms with Gasteiger partial charge in [0.15, 0.2) is 0 Å². The lowest BCUT2D eigenvalue weighted by Gasteiger charge is -2.37. The van der Waals surface area contributed by atoms with Crippen molar-refractivity contribution >= 4 is 40.1 Å². The van der Waals surface area contributed by atoms with Crippen LogP contribution >= 0.6 is 23.1 Å². The number of hydrogen-bond acceptors (Lipinski definition) is 4. The molecule has 2 rings (SSSR count). The van der Waals surface area contributed by atoms with Gasteiger partial charge >= 0.3 is 12.0 Å². The highest BCUT2D eigenvalue weighted by atomic mass is 32.2. The number of nitrogens with zero attached hydrogens (tertiary/aromatic N) is 1. The second-order valence-corrected chi connectivity index (χ2v) is 7.94. The van der Waals surface area contributed by atoms with Gasteiger partial charge < -0.3 is 10.0 Å². The number of thiophene rings is 1. The first-order valence-electron chi connectivity index (χ1n) is 6.85. The Hall–Kier alpha value is -1.21. The smallest absolute Gasteiger partial charge is 0.338 e. The van der Waals surface area contributed by atoms with E-state index in [-0.39, 0.29) is 17.6 Å². The molecule has 116 valence electrons. The maximum absolute atomic E-state index is 12.4. The molecule has 1 aromatic rings. The number of aryl methyl sites for hydroxylation is 1. The molecule has 7 heteroatoms. The van der Waals surface area contributed by atoms with Crippen molar-refractivity contribution in [3.63, 3.8) is 0 Å². The first-order chi connectivity index (χ1) is 9.82. The second kappa shape index (κ2) is 6.27. The molecule has 1 fully saturated rings. The molecule has 0 bridgehead atoms. The van der Waals surface area contributed by atoms with E-state index in [9.17, 15) is 14.7 Å². The zero-order chi connectivity index (χ0) is 15.7. The standard InChI is InChI=1S/C14H20N2O3S2/c1-7-9(3)21-12(11(7)13(17)18)15-14(19)16-5-6-20-10(4)8(16)2/h8,10H,5-6H2,1-4H3,(H,15,19)(H,17,18). The molecule has 5 nitrogen and oxygen atoms in total. The van der Waals surface area contributed by atoms with Gasteiger partial charge in [-0.05, 0) is 26.3 Å². The Morgan fingerprint density at radius 3 is 2.62 bits per heavy atom. The second-order valence-electron chi connectivity index (χ2n) is 5.23. The molecular weight excluding hydrogens is 308 g/mol. The van der Waals surface area contributed by atoms with Crippen molar-refractivity contribution in [2.75, 3.05) is 17.6 Å². The van der Waals surface area contributed by atoms with Crippen LogP contribution in [0.25, 0.3) is 0 Å². The van der Waals surface area contributed by atoms with Crippen LogP contribution in [0.2, 0.25) is 0 Å². The molecule has 1 aliphatic heterocycles. The number of carboxylic acid groups (broad SMARTS) is 1. The number of carboxylic acids is 1. The summed E-state index contributed by atoms with van der Waals surface area (Å²) in [6.45, 7) is 8.46. The summed E-state index contributed by atoms with van der Waals surface area (Å²) in [6, 6.07) is -0.0717. The summed E-state index contributed by atoms with van der Waals surface area (Å²) in [5.41, 5.74) is 0.927. The Balaban J connectivity index is 2.20. The molecule has 1 saturated heterocycles. The summed E-state index contributed by atoms with van der Waals surface area (Å²) < 4.78 is 0. The van der Waals surface area contributed by atoms with Gasteiger partial charge in [-0.2, -0.15) is 11.8 Å². The van der Waals surface area contributed by atoms with E-state index in [1.54, 1.807) is 11.8 Å². The molecule has 0 saturated carbocycles. The quantitative estimate of drug-likeness (QED) is 0.873. The molecule has 1 aromatic heterocycles. The van der Waals surface area contributed by atoms with Crippen molar-refractivity contribution in [3.8, 4) is 0 Å². The topological polar surface area (TPSA) is 69.6 Å². The maximum Gasteiger partial charge on any atom is 0.338 e. The minimum atomic E-state index is -0.997. The summed E-state index contributed by atoms with van der Waals surface area (Å²) in [5, 5.41) is 12.9. The Kier molecular flexibility index (Phi) is 4.83. The maximum atomic E-state index is 12.4. The molecule has 0 aromatic carbocycles. The summed E-state index contributed by atoms with van der Waals surface area (Å²) in [5.74, 6) is -0.0875. The van der Waals surface area contributed by atoms with E-state index in [1.165, 1.54) is 11.3 Å². The van der Waals surface area contributed by atoms with Gasteiger partial charge in [-0.1, -0.05) is 6.92 Å². The number of carbonyl (C=O) groups is 2. The van der Waals surface area contributed by atoms with Gasteiger partial charge in [-0.15, -0.1) is 11.3 Å². The minimum absolute atomic E-state index is 0.138. The van der Waals surface area contributed by atoms with E-state index in [0.717, 1.165) is 16.2 Å². The molecule has 1 aliphatic rings. The van der Waals surface area contributed by atoms with Gasteiger partial charge in [0.05, 0.1) is 5.56 Å². The lowest BCUT2D eigenvalue weighted by Crippen LogP contribution is -2.49. The van der Waals surface area contributed by atoms with Crippen molar-refractivity contribution in [2.45, 2.75) is 39.0 Å². The third kappa shape index (κ3) is 3.18. The van der Waals surface area contributed by atoms with E-state index in [2.05, 4.69) is 12.2 Å². The average molecular weight is 328 g/mol. The SMILES string of the molecule is Cc1sc(NC(=O)N2CCSC(C)C2C)c(C(=O)O)c1C. The Morgan fingerprint density at radius 2 is 2.00 bits per heavy atom. The van der Waals surface area contributed by atoms with Crippen LogP contribution in [0.5, 0.6) is 0 Å². The number of anilines is 1. The number of nitrogens with one attached hydrogen (secondary N) is 1. The highest BCUT2D eigenvalue weighted by molar-refractivity contribution is 8.00. The van der Waals surface area contributed by atoms with Crippen molar-refractivity contribution < 1.29 is 14.7 Å². The molecule has 21 heavy (non-hydrogen) atoms. The van der Waals surface area contributed by atoms with Gasteiger partial charge in [0.2, 0.25) is 0 Å². The summed E-state index contributed by atoms with van der Waals surface area (Å²) in [7, 11) is 0. The van der Waals surface area contributed by atoms with Crippen LogP contribution < -0.4 is 5.32 Å². The number of carbonyl (C=O) groups excluding carboxylic acids is 1. The number of hydrogen-bond donors (Lipinski definition) is 2. The number of aromatic carboxylic acids is 1. The number of rotatable bonds is 2. The highest BCUT2D eigenvalue weighted by Crippen LogP contribution is 2.33. The van der Waals surface area contributed by atoms with Crippen LogP contribution in [-0.2, 0) is 0 Å². The Bertz CT molecular complexity index is 571. The first kappa shape index (κ1) is 16.2. The lowest BCUT2D eigenvalue weighted by molar-refractivity contribution is 0.0697. The minimum Gasteiger partial charge on any atom is -0.478 e. The van der Waals surface area contributed by atoms with Crippen LogP contribution in [0.1, 0.15) is 34.6 Å². The molecule has 2 N–H and O–H groups in total. The van der Waals surface area contributed by atoms with Crippen LogP contribution in [-0.4, -0.2) is 45.6 Å². The normalized spacial score (nSPS) is 22.2. The average Bonchev–Trinajstić information content (AvgIpc) is 2.67. The zero-order valence-corrected chi connectivity index (χ0v) is 14.2. The monoisotopic (exact) mass is 328 g/mol. The lowest BCUT2D eigenvalue weighted by atomic mass is 10.1. The van der Waals surface area contributed by atoms with Crippen LogP contribution in [0, 0.1) is 13.8 Å². The van der Waals surface area contributed by atoms with E-state index in [4.69, 9.17) is 0 Å².